The van der Waals surface area contributed by atoms with Crippen molar-refractivity contribution in [2.45, 2.75) is 46.8 Å². The molecule has 41 heavy (non-hydrogen) atoms. The van der Waals surface area contributed by atoms with Gasteiger partial charge in [0.2, 0.25) is 10.0 Å². The average Bonchev–Trinajstić information content (AvgIpc) is 3.37. The van der Waals surface area contributed by atoms with E-state index in [0.717, 1.165) is 10.8 Å². The predicted molar refractivity (Wildman–Crippen MR) is 153 cm³/mol. The first kappa shape index (κ1) is 29.4. The summed E-state index contributed by atoms with van der Waals surface area (Å²) in [5.74, 6) is -0.330. The van der Waals surface area contributed by atoms with Crippen molar-refractivity contribution in [3.8, 4) is 11.8 Å². The van der Waals surface area contributed by atoms with Crippen LogP contribution in [0.5, 0.6) is 5.75 Å². The van der Waals surface area contributed by atoms with Gasteiger partial charge in [0.05, 0.1) is 28.1 Å². The van der Waals surface area contributed by atoms with Gasteiger partial charge in [-0.15, -0.1) is 0 Å². The largest absolute Gasteiger partial charge is 0.491 e. The number of sulfone groups is 1. The van der Waals surface area contributed by atoms with Gasteiger partial charge < -0.3 is 19.9 Å². The molecule has 0 aliphatic carbocycles. The van der Waals surface area contributed by atoms with E-state index in [1.165, 1.54) is 22.5 Å². The predicted octanol–water partition coefficient (Wildman–Crippen LogP) is 2.48. The molecule has 2 N–H and O–H groups in total. The minimum Gasteiger partial charge on any atom is -0.491 e. The maximum absolute atomic E-state index is 13.3. The number of fused-ring (bicyclic) bond motifs is 1. The van der Waals surface area contributed by atoms with Crippen molar-refractivity contribution in [1.82, 2.24) is 9.62 Å². The van der Waals surface area contributed by atoms with Crippen molar-refractivity contribution in [2.24, 2.45) is 0 Å². The van der Waals surface area contributed by atoms with Crippen LogP contribution in [-0.2, 0) is 24.6 Å². The van der Waals surface area contributed by atoms with Gasteiger partial charge in [-0.1, -0.05) is 36.4 Å². The normalized spacial score (nSPS) is 20.1. The van der Waals surface area contributed by atoms with E-state index >= 15 is 0 Å². The second-order valence-corrected chi connectivity index (χ2v) is 14.5. The van der Waals surface area contributed by atoms with Gasteiger partial charge >= 0.3 is 0 Å². The molecular weight excluding hydrogens is 566 g/mol. The lowest BCUT2D eigenvalue weighted by atomic mass is 9.88. The third-order valence-corrected chi connectivity index (χ3v) is 11.1. The Labute approximate surface area is 240 Å². The number of sulfonamides is 1. The van der Waals surface area contributed by atoms with E-state index < -0.39 is 37.3 Å². The first-order chi connectivity index (χ1) is 19.6. The maximum atomic E-state index is 13.3. The minimum atomic E-state index is -3.71. The fourth-order valence-corrected chi connectivity index (χ4v) is 7.81. The van der Waals surface area contributed by atoms with Gasteiger partial charge in [-0.05, 0) is 60.4 Å². The van der Waals surface area contributed by atoms with Crippen molar-refractivity contribution in [3.05, 3.63) is 66.7 Å². The third-order valence-electron chi connectivity index (χ3n) is 7.71. The molecule has 0 aromatic heterocycles. The Morgan fingerprint density at radius 3 is 2.54 bits per heavy atom. The highest BCUT2D eigenvalue weighted by Gasteiger charge is 2.44. The molecule has 2 heterocycles. The van der Waals surface area contributed by atoms with Crippen molar-refractivity contribution in [2.75, 3.05) is 38.6 Å². The van der Waals surface area contributed by atoms with Gasteiger partial charge in [-0.3, -0.25) is 0 Å². The van der Waals surface area contributed by atoms with E-state index in [1.807, 2.05) is 30.3 Å². The summed E-state index contributed by atoms with van der Waals surface area (Å²) >= 11 is 0. The maximum Gasteiger partial charge on any atom is 0.243 e. The molecule has 218 valence electrons. The van der Waals surface area contributed by atoms with E-state index in [9.17, 15) is 21.9 Å². The molecule has 2 saturated heterocycles. The first-order valence-electron chi connectivity index (χ1n) is 13.5. The van der Waals surface area contributed by atoms with Crippen molar-refractivity contribution < 1.29 is 31.4 Å². The van der Waals surface area contributed by atoms with Gasteiger partial charge in [-0.2, -0.15) is 9.57 Å². The molecule has 0 radical (unpaired) electrons. The molecule has 12 heteroatoms. The highest BCUT2D eigenvalue weighted by Crippen LogP contribution is 2.37. The minimum absolute atomic E-state index is 0.00585. The average molecular weight is 600 g/mol. The molecule has 0 amide bonds. The third kappa shape index (κ3) is 6.72. The number of ether oxygens (including phenoxy) is 2. The fraction of sp³-hybridized carbons (Fsp3) is 0.414. The zero-order valence-corrected chi connectivity index (χ0v) is 24.1. The number of aliphatic hydroxyl groups excluding tert-OH is 1. The molecule has 3 aromatic carbocycles. The molecule has 0 saturated carbocycles. The first-order valence-corrected chi connectivity index (χ1v) is 16.6. The quantitative estimate of drug-likeness (QED) is 0.359. The molecule has 1 spiro atoms. The summed E-state index contributed by atoms with van der Waals surface area (Å²) in [7, 11) is -7.32. The van der Waals surface area contributed by atoms with E-state index in [1.54, 1.807) is 24.3 Å². The zero-order chi connectivity index (χ0) is 29.1. The number of hydrogen-bond donors (Lipinski definition) is 2. The Morgan fingerprint density at radius 1 is 1.02 bits per heavy atom. The molecule has 1 unspecified atom stereocenters. The van der Waals surface area contributed by atoms with Crippen LogP contribution in [0.3, 0.4) is 0 Å². The summed E-state index contributed by atoms with van der Waals surface area (Å²) < 4.78 is 64.1. The van der Waals surface area contributed by atoms with Crippen LogP contribution in [-0.4, -0.2) is 82.6 Å². The summed E-state index contributed by atoms with van der Waals surface area (Å²) in [5, 5.41) is 24.3. The topological polar surface area (TPSA) is 146 Å². The van der Waals surface area contributed by atoms with E-state index in [2.05, 4.69) is 5.32 Å². The molecule has 2 aliphatic heterocycles. The van der Waals surface area contributed by atoms with Crippen LogP contribution in [0.4, 0.5) is 0 Å². The molecular formula is C29H33N3O7S2. The van der Waals surface area contributed by atoms with Crippen molar-refractivity contribution in [3.63, 3.8) is 0 Å². The van der Waals surface area contributed by atoms with Gasteiger partial charge in [-0.25, -0.2) is 16.8 Å². The second-order valence-electron chi connectivity index (χ2n) is 10.6. The van der Waals surface area contributed by atoms with Crippen LogP contribution >= 0.6 is 0 Å². The lowest BCUT2D eigenvalue weighted by molar-refractivity contribution is -0.0312. The van der Waals surface area contributed by atoms with Crippen LogP contribution in [0.25, 0.3) is 10.8 Å². The number of rotatable bonds is 10. The number of hydrogen-bond acceptors (Lipinski definition) is 9. The Kier molecular flexibility index (Phi) is 8.65. The lowest BCUT2D eigenvalue weighted by Gasteiger charge is -2.38. The molecule has 10 nitrogen and oxygen atoms in total. The second kappa shape index (κ2) is 12.1. The molecule has 2 fully saturated rings. The zero-order valence-electron chi connectivity index (χ0n) is 22.5. The molecule has 2 aliphatic rings. The molecule has 0 bridgehead atoms. The summed E-state index contributed by atoms with van der Waals surface area (Å²) in [5.41, 5.74) is -0.399. The van der Waals surface area contributed by atoms with Gasteiger partial charge in [0, 0.05) is 25.7 Å². The highest BCUT2D eigenvalue weighted by molar-refractivity contribution is 7.91. The van der Waals surface area contributed by atoms with Crippen LogP contribution < -0.4 is 10.1 Å². The van der Waals surface area contributed by atoms with Crippen LogP contribution in [0, 0.1) is 11.3 Å². The Morgan fingerprint density at radius 2 is 1.78 bits per heavy atom. The number of piperidine rings is 1. The van der Waals surface area contributed by atoms with Crippen LogP contribution in [0.2, 0.25) is 0 Å². The van der Waals surface area contributed by atoms with Gasteiger partial charge in [0.25, 0.3) is 0 Å². The van der Waals surface area contributed by atoms with Crippen molar-refractivity contribution in [1.29, 1.82) is 5.26 Å². The standard InChI is InChI=1S/C29H33N3O7S2/c30-12-15-40(34,35)27-7-3-6-26(17-27)38-21-25(33)19-31-24-18-29(39-20-24)10-13-32(14-11-29)41(36,37)28-9-8-22-4-1-2-5-23(22)16-28/h1-9,16-17,24-25,31,33H,10-11,13-15,18-21H2/t24?,25-/m0/s1. The van der Waals surface area contributed by atoms with E-state index in [4.69, 9.17) is 14.7 Å². The number of aliphatic hydroxyl groups is 1. The van der Waals surface area contributed by atoms with Crippen LogP contribution in [0.1, 0.15) is 19.3 Å². The summed E-state index contributed by atoms with van der Waals surface area (Å²) in [6, 6.07) is 20.4. The number of nitrogens with zero attached hydrogens (tertiary/aromatic N) is 2. The number of benzene rings is 3. The Balaban J connectivity index is 1.09. The SMILES string of the molecule is N#CCS(=O)(=O)c1cccc(OC[C@@H](O)CNC2COC3(CCN(S(=O)(=O)c4ccc5ccccc5c4)CC3)C2)c1. The summed E-state index contributed by atoms with van der Waals surface area (Å²) in [6.45, 7) is 1.42. The highest BCUT2D eigenvalue weighted by atomic mass is 32.2. The lowest BCUT2D eigenvalue weighted by Crippen LogP contribution is -2.47. The van der Waals surface area contributed by atoms with E-state index in [0.29, 0.717) is 43.9 Å². The Bertz CT molecular complexity index is 1650. The van der Waals surface area contributed by atoms with Crippen LogP contribution in [0.15, 0.2) is 76.5 Å². The Hall–Kier alpha value is -3.05. The molecule has 3 aromatic rings. The summed E-state index contributed by atoms with van der Waals surface area (Å²) in [6.07, 6.45) is 1.05. The summed E-state index contributed by atoms with van der Waals surface area (Å²) in [4.78, 5) is 0.291. The number of nitrogens with one attached hydrogen (secondary N) is 1. The van der Waals surface area contributed by atoms with E-state index in [-0.39, 0.29) is 29.8 Å². The monoisotopic (exact) mass is 599 g/mol. The van der Waals surface area contributed by atoms with Gasteiger partial charge in [0.1, 0.15) is 24.2 Å². The fourth-order valence-electron chi connectivity index (χ4n) is 5.41. The number of nitriles is 1. The molecule has 5 rings (SSSR count). The smallest absolute Gasteiger partial charge is 0.243 e. The van der Waals surface area contributed by atoms with Gasteiger partial charge in [0.15, 0.2) is 9.84 Å². The molecule has 2 atom stereocenters. The van der Waals surface area contributed by atoms with Crippen molar-refractivity contribution >= 4 is 30.6 Å².